The lowest BCUT2D eigenvalue weighted by molar-refractivity contribution is 0.0952. The van der Waals surface area contributed by atoms with E-state index in [1.807, 2.05) is 0 Å². The van der Waals surface area contributed by atoms with Crippen molar-refractivity contribution in [2.75, 3.05) is 26.2 Å². The van der Waals surface area contributed by atoms with Crippen molar-refractivity contribution in [1.82, 2.24) is 14.9 Å². The lowest BCUT2D eigenvalue weighted by atomic mass is 10.0. The zero-order valence-electron chi connectivity index (χ0n) is 17.5. The lowest BCUT2D eigenvalue weighted by Gasteiger charge is -2.30. The van der Waals surface area contributed by atoms with E-state index in [1.165, 1.54) is 32.0 Å². The number of nitrogens with one attached hydrogen (secondary N) is 2. The quantitative estimate of drug-likeness (QED) is 0.601. The van der Waals surface area contributed by atoms with Crippen LogP contribution in [-0.2, 0) is 10.0 Å². The normalized spacial score (nSPS) is 21.3. The molecular formula is C22H35N3O3S. The molecule has 29 heavy (non-hydrogen) atoms. The van der Waals surface area contributed by atoms with Crippen molar-refractivity contribution < 1.29 is 13.2 Å². The fraction of sp³-hybridized carbons (Fsp3) is 0.682. The number of amides is 1. The molecule has 1 aliphatic heterocycles. The molecule has 0 spiro atoms. The van der Waals surface area contributed by atoms with Crippen LogP contribution in [0.4, 0.5) is 0 Å². The Bertz CT molecular complexity index is 775. The predicted octanol–water partition coefficient (Wildman–Crippen LogP) is 3.15. The first-order valence-corrected chi connectivity index (χ1v) is 12.6. The molecule has 1 saturated carbocycles. The minimum Gasteiger partial charge on any atom is -0.352 e. The van der Waals surface area contributed by atoms with Crippen LogP contribution < -0.4 is 10.0 Å². The maximum absolute atomic E-state index is 12.6. The van der Waals surface area contributed by atoms with Crippen molar-refractivity contribution in [2.45, 2.75) is 69.2 Å². The van der Waals surface area contributed by atoms with Gasteiger partial charge in [-0.2, -0.15) is 0 Å². The Morgan fingerprint density at radius 3 is 2.69 bits per heavy atom. The average Bonchev–Trinajstić information content (AvgIpc) is 3.20. The van der Waals surface area contributed by atoms with Crippen LogP contribution in [-0.4, -0.2) is 51.4 Å². The second kappa shape index (κ2) is 10.5. The van der Waals surface area contributed by atoms with Crippen LogP contribution in [0.5, 0.6) is 0 Å². The standard InChI is InChI=1S/C22H35N3O3S/c1-18-8-7-15-25(17-18)14-5-4-13-23-22(26)19-9-6-12-21(16-19)29(27,28)24-20-10-2-3-11-20/h6,9,12,16,18,20,24H,2-5,7-8,10-11,13-15,17H2,1H3,(H,23,26). The molecule has 2 aliphatic rings. The summed E-state index contributed by atoms with van der Waals surface area (Å²) in [4.78, 5) is 15.1. The van der Waals surface area contributed by atoms with Crippen LogP contribution in [0.1, 0.15) is 68.6 Å². The molecule has 1 aliphatic carbocycles. The third-order valence-corrected chi connectivity index (χ3v) is 7.53. The van der Waals surface area contributed by atoms with Gasteiger partial charge in [0.05, 0.1) is 4.90 Å². The number of nitrogens with zero attached hydrogens (tertiary/aromatic N) is 1. The Hall–Kier alpha value is -1.44. The summed E-state index contributed by atoms with van der Waals surface area (Å²) < 4.78 is 27.9. The molecule has 1 unspecified atom stereocenters. The Morgan fingerprint density at radius 1 is 1.14 bits per heavy atom. The van der Waals surface area contributed by atoms with Crippen molar-refractivity contribution in [1.29, 1.82) is 0 Å². The van der Waals surface area contributed by atoms with Crippen LogP contribution in [0.15, 0.2) is 29.2 Å². The van der Waals surface area contributed by atoms with Gasteiger partial charge in [-0.3, -0.25) is 4.79 Å². The second-order valence-electron chi connectivity index (χ2n) is 8.64. The molecule has 1 amide bonds. The van der Waals surface area contributed by atoms with E-state index in [0.29, 0.717) is 12.1 Å². The zero-order chi connectivity index (χ0) is 20.7. The molecule has 3 rings (SSSR count). The van der Waals surface area contributed by atoms with Gasteiger partial charge in [0.1, 0.15) is 0 Å². The van der Waals surface area contributed by atoms with Crippen LogP contribution >= 0.6 is 0 Å². The maximum Gasteiger partial charge on any atom is 0.251 e. The minimum atomic E-state index is -3.58. The number of likely N-dealkylation sites (tertiary alicyclic amines) is 1. The number of rotatable bonds is 9. The Kier molecular flexibility index (Phi) is 8.09. The number of hydrogen-bond acceptors (Lipinski definition) is 4. The molecule has 1 aromatic carbocycles. The molecule has 1 saturated heterocycles. The first-order valence-electron chi connectivity index (χ1n) is 11.1. The van der Waals surface area contributed by atoms with Gasteiger partial charge in [-0.1, -0.05) is 25.8 Å². The molecule has 7 heteroatoms. The largest absolute Gasteiger partial charge is 0.352 e. The van der Waals surface area contributed by atoms with E-state index in [4.69, 9.17) is 0 Å². The monoisotopic (exact) mass is 421 g/mol. The summed E-state index contributed by atoms with van der Waals surface area (Å²) in [5.41, 5.74) is 0.393. The van der Waals surface area contributed by atoms with Gasteiger partial charge in [-0.15, -0.1) is 0 Å². The molecular weight excluding hydrogens is 386 g/mol. The summed E-state index contributed by atoms with van der Waals surface area (Å²) in [5, 5.41) is 2.92. The number of benzene rings is 1. The molecule has 0 aromatic heterocycles. The molecule has 6 nitrogen and oxygen atoms in total. The van der Waals surface area contributed by atoms with E-state index in [-0.39, 0.29) is 16.8 Å². The van der Waals surface area contributed by atoms with Gasteiger partial charge < -0.3 is 10.2 Å². The number of piperidine rings is 1. The number of carbonyl (C=O) groups is 1. The highest BCUT2D eigenvalue weighted by Crippen LogP contribution is 2.21. The van der Waals surface area contributed by atoms with Gasteiger partial charge in [-0.25, -0.2) is 13.1 Å². The van der Waals surface area contributed by atoms with E-state index >= 15 is 0 Å². The average molecular weight is 422 g/mol. The highest BCUT2D eigenvalue weighted by Gasteiger charge is 2.23. The molecule has 2 fully saturated rings. The summed E-state index contributed by atoms with van der Waals surface area (Å²) in [7, 11) is -3.58. The van der Waals surface area contributed by atoms with E-state index in [2.05, 4.69) is 21.9 Å². The van der Waals surface area contributed by atoms with Gasteiger partial charge >= 0.3 is 0 Å². The van der Waals surface area contributed by atoms with E-state index in [0.717, 1.165) is 51.0 Å². The van der Waals surface area contributed by atoms with E-state index in [9.17, 15) is 13.2 Å². The summed E-state index contributed by atoms with van der Waals surface area (Å²) in [6.07, 6.45) is 8.50. The van der Waals surface area contributed by atoms with Crippen LogP contribution in [0.2, 0.25) is 0 Å². The minimum absolute atomic E-state index is 0.0142. The fourth-order valence-corrected chi connectivity index (χ4v) is 5.74. The second-order valence-corrected chi connectivity index (χ2v) is 10.4. The number of unbranched alkanes of at least 4 members (excludes halogenated alkanes) is 1. The van der Waals surface area contributed by atoms with Crippen molar-refractivity contribution in [3.05, 3.63) is 29.8 Å². The van der Waals surface area contributed by atoms with Crippen LogP contribution in [0.3, 0.4) is 0 Å². The number of sulfonamides is 1. The van der Waals surface area contributed by atoms with Crippen LogP contribution in [0, 0.1) is 5.92 Å². The Labute approximate surface area is 175 Å². The number of hydrogen-bond donors (Lipinski definition) is 2. The lowest BCUT2D eigenvalue weighted by Crippen LogP contribution is -2.35. The van der Waals surface area contributed by atoms with Crippen LogP contribution in [0.25, 0.3) is 0 Å². The SMILES string of the molecule is CC1CCCN(CCCCNC(=O)c2cccc(S(=O)(=O)NC3CCCC3)c2)C1. The third-order valence-electron chi connectivity index (χ3n) is 6.01. The zero-order valence-corrected chi connectivity index (χ0v) is 18.3. The predicted molar refractivity (Wildman–Crippen MR) is 115 cm³/mol. The first-order chi connectivity index (χ1) is 13.9. The molecule has 2 N–H and O–H groups in total. The van der Waals surface area contributed by atoms with Crippen molar-refractivity contribution >= 4 is 15.9 Å². The van der Waals surface area contributed by atoms with Crippen molar-refractivity contribution in [2.24, 2.45) is 5.92 Å². The maximum atomic E-state index is 12.6. The highest BCUT2D eigenvalue weighted by atomic mass is 32.2. The van der Waals surface area contributed by atoms with Gasteiger partial charge in [0.15, 0.2) is 0 Å². The first kappa shape index (κ1) is 22.2. The summed E-state index contributed by atoms with van der Waals surface area (Å²) >= 11 is 0. The molecule has 1 atom stereocenters. The smallest absolute Gasteiger partial charge is 0.251 e. The van der Waals surface area contributed by atoms with Gasteiger partial charge in [0.2, 0.25) is 10.0 Å². The molecule has 1 aromatic rings. The van der Waals surface area contributed by atoms with Crippen molar-refractivity contribution in [3.8, 4) is 0 Å². The van der Waals surface area contributed by atoms with Gasteiger partial charge in [0, 0.05) is 24.7 Å². The molecule has 162 valence electrons. The summed E-state index contributed by atoms with van der Waals surface area (Å²) in [6, 6.07) is 6.34. The van der Waals surface area contributed by atoms with Gasteiger partial charge in [-0.05, 0) is 75.7 Å². The Morgan fingerprint density at radius 2 is 1.93 bits per heavy atom. The van der Waals surface area contributed by atoms with E-state index in [1.54, 1.807) is 18.2 Å². The third kappa shape index (κ3) is 6.79. The van der Waals surface area contributed by atoms with E-state index < -0.39 is 10.0 Å². The summed E-state index contributed by atoms with van der Waals surface area (Å²) in [5.74, 6) is 0.574. The van der Waals surface area contributed by atoms with Crippen molar-refractivity contribution in [3.63, 3.8) is 0 Å². The fourth-order valence-electron chi connectivity index (χ4n) is 4.39. The van der Waals surface area contributed by atoms with Gasteiger partial charge in [0.25, 0.3) is 5.91 Å². The number of carbonyl (C=O) groups excluding carboxylic acids is 1. The topological polar surface area (TPSA) is 78.5 Å². The molecule has 1 heterocycles. The summed E-state index contributed by atoms with van der Waals surface area (Å²) in [6.45, 7) is 6.37. The molecule has 0 radical (unpaired) electrons. The Balaban J connectivity index is 1.44. The highest BCUT2D eigenvalue weighted by molar-refractivity contribution is 7.89. The molecule has 0 bridgehead atoms.